The third-order valence-electron chi connectivity index (χ3n) is 4.93. The molecule has 16 heavy (non-hydrogen) atoms. The van der Waals surface area contributed by atoms with Crippen LogP contribution in [0.25, 0.3) is 0 Å². The van der Waals surface area contributed by atoms with Crippen LogP contribution in [0.15, 0.2) is 0 Å². The number of hydrogen-bond acceptors (Lipinski definition) is 1. The molecule has 2 rings (SSSR count). The van der Waals surface area contributed by atoms with E-state index in [2.05, 4.69) is 32.6 Å². The van der Waals surface area contributed by atoms with Gasteiger partial charge in [0.15, 0.2) is 0 Å². The molecule has 0 aromatic rings. The fourth-order valence-electron chi connectivity index (χ4n) is 3.98. The molecule has 1 heteroatoms. The van der Waals surface area contributed by atoms with Crippen molar-refractivity contribution >= 4 is 0 Å². The molecule has 1 atom stereocenters. The molecule has 1 saturated carbocycles. The van der Waals surface area contributed by atoms with Crippen LogP contribution in [0.5, 0.6) is 0 Å². The van der Waals surface area contributed by atoms with Gasteiger partial charge in [-0.25, -0.2) is 0 Å². The van der Waals surface area contributed by atoms with Crippen LogP contribution in [0, 0.1) is 11.3 Å². The van der Waals surface area contributed by atoms with Gasteiger partial charge in [-0.2, -0.15) is 0 Å². The Hall–Kier alpha value is -0.0400. The molecule has 1 saturated heterocycles. The van der Waals surface area contributed by atoms with E-state index in [1.54, 1.807) is 0 Å². The molecular formula is C15H29N. The van der Waals surface area contributed by atoms with Crippen LogP contribution in [0.2, 0.25) is 0 Å². The Morgan fingerprint density at radius 3 is 2.06 bits per heavy atom. The van der Waals surface area contributed by atoms with Gasteiger partial charge in [0.25, 0.3) is 0 Å². The van der Waals surface area contributed by atoms with Gasteiger partial charge in [0.2, 0.25) is 0 Å². The van der Waals surface area contributed by atoms with Crippen molar-refractivity contribution in [2.45, 2.75) is 78.3 Å². The van der Waals surface area contributed by atoms with Crippen LogP contribution < -0.4 is 0 Å². The zero-order valence-corrected chi connectivity index (χ0v) is 11.6. The zero-order chi connectivity index (χ0) is 11.8. The van der Waals surface area contributed by atoms with Crippen LogP contribution in [0.4, 0.5) is 0 Å². The van der Waals surface area contributed by atoms with E-state index in [1.807, 2.05) is 0 Å². The van der Waals surface area contributed by atoms with Crippen molar-refractivity contribution in [3.8, 4) is 0 Å². The smallest absolute Gasteiger partial charge is 0.0127 e. The minimum absolute atomic E-state index is 0.706. The second kappa shape index (κ2) is 4.68. The summed E-state index contributed by atoms with van der Waals surface area (Å²) in [6.07, 6.45) is 8.92. The van der Waals surface area contributed by atoms with E-state index >= 15 is 0 Å². The van der Waals surface area contributed by atoms with Crippen LogP contribution in [0.3, 0.4) is 0 Å². The van der Waals surface area contributed by atoms with Crippen molar-refractivity contribution in [1.29, 1.82) is 0 Å². The number of rotatable bonds is 2. The van der Waals surface area contributed by atoms with E-state index < -0.39 is 0 Å². The molecule has 0 aromatic carbocycles. The third-order valence-corrected chi connectivity index (χ3v) is 4.93. The monoisotopic (exact) mass is 223 g/mol. The van der Waals surface area contributed by atoms with E-state index in [0.29, 0.717) is 5.41 Å². The SMILES string of the molecule is CC(C)C1CC2(CCCCC2)CN1C(C)C. The number of hydrogen-bond donors (Lipinski definition) is 0. The minimum Gasteiger partial charge on any atom is -0.297 e. The lowest BCUT2D eigenvalue weighted by Crippen LogP contribution is -2.39. The highest BCUT2D eigenvalue weighted by Crippen LogP contribution is 2.48. The van der Waals surface area contributed by atoms with Gasteiger partial charge in [0.1, 0.15) is 0 Å². The maximum atomic E-state index is 2.79. The van der Waals surface area contributed by atoms with E-state index in [4.69, 9.17) is 0 Å². The first kappa shape index (κ1) is 12.4. The summed E-state index contributed by atoms with van der Waals surface area (Å²) in [6.45, 7) is 10.9. The van der Waals surface area contributed by atoms with Crippen molar-refractivity contribution in [3.05, 3.63) is 0 Å². The molecule has 1 heterocycles. The average Bonchev–Trinajstić information content (AvgIpc) is 2.59. The molecule has 1 nitrogen and oxygen atoms in total. The van der Waals surface area contributed by atoms with E-state index in [0.717, 1.165) is 18.0 Å². The zero-order valence-electron chi connectivity index (χ0n) is 11.6. The molecular weight excluding hydrogens is 194 g/mol. The van der Waals surface area contributed by atoms with Gasteiger partial charge in [-0.3, -0.25) is 4.90 Å². The standard InChI is InChI=1S/C15H29N/c1-12(2)14-10-15(8-6-5-7-9-15)11-16(14)13(3)4/h12-14H,5-11H2,1-4H3. The van der Waals surface area contributed by atoms with Crippen molar-refractivity contribution in [2.24, 2.45) is 11.3 Å². The van der Waals surface area contributed by atoms with Gasteiger partial charge in [-0.1, -0.05) is 33.1 Å². The number of likely N-dealkylation sites (tertiary alicyclic amines) is 1. The summed E-state index contributed by atoms with van der Waals surface area (Å²) in [7, 11) is 0. The summed E-state index contributed by atoms with van der Waals surface area (Å²) >= 11 is 0. The first-order valence-electron chi connectivity index (χ1n) is 7.30. The maximum Gasteiger partial charge on any atom is 0.0127 e. The summed E-state index contributed by atoms with van der Waals surface area (Å²) < 4.78 is 0. The van der Waals surface area contributed by atoms with Crippen LogP contribution in [-0.4, -0.2) is 23.5 Å². The van der Waals surface area contributed by atoms with Crippen molar-refractivity contribution in [2.75, 3.05) is 6.54 Å². The average molecular weight is 223 g/mol. The topological polar surface area (TPSA) is 3.24 Å². The Labute approximate surface area is 102 Å². The third kappa shape index (κ3) is 2.30. The van der Waals surface area contributed by atoms with E-state index in [-0.39, 0.29) is 0 Å². The van der Waals surface area contributed by atoms with Gasteiger partial charge >= 0.3 is 0 Å². The molecule has 1 spiro atoms. The Morgan fingerprint density at radius 2 is 1.62 bits per heavy atom. The van der Waals surface area contributed by atoms with Gasteiger partial charge < -0.3 is 0 Å². The van der Waals surface area contributed by atoms with Crippen molar-refractivity contribution < 1.29 is 0 Å². The van der Waals surface area contributed by atoms with E-state index in [1.165, 1.54) is 45.1 Å². The van der Waals surface area contributed by atoms with Crippen LogP contribution >= 0.6 is 0 Å². The summed E-state index contributed by atoms with van der Waals surface area (Å²) in [4.78, 5) is 2.79. The molecule has 1 aliphatic carbocycles. The quantitative estimate of drug-likeness (QED) is 0.682. The Morgan fingerprint density at radius 1 is 1.00 bits per heavy atom. The molecule has 94 valence electrons. The molecule has 1 aliphatic heterocycles. The lowest BCUT2D eigenvalue weighted by atomic mass is 9.72. The summed E-state index contributed by atoms with van der Waals surface area (Å²) in [5, 5.41) is 0. The van der Waals surface area contributed by atoms with Crippen molar-refractivity contribution in [3.63, 3.8) is 0 Å². The second-order valence-corrected chi connectivity index (χ2v) is 6.84. The predicted molar refractivity (Wildman–Crippen MR) is 70.6 cm³/mol. The van der Waals surface area contributed by atoms with Gasteiger partial charge in [-0.15, -0.1) is 0 Å². The van der Waals surface area contributed by atoms with Gasteiger partial charge in [0, 0.05) is 18.6 Å². The molecule has 0 bridgehead atoms. The second-order valence-electron chi connectivity index (χ2n) is 6.84. The molecule has 0 radical (unpaired) electrons. The van der Waals surface area contributed by atoms with Crippen LogP contribution in [0.1, 0.15) is 66.2 Å². The molecule has 2 fully saturated rings. The van der Waals surface area contributed by atoms with Gasteiger partial charge in [0.05, 0.1) is 0 Å². The molecule has 0 aromatic heterocycles. The fraction of sp³-hybridized carbons (Fsp3) is 1.00. The first-order chi connectivity index (χ1) is 7.54. The lowest BCUT2D eigenvalue weighted by Gasteiger charge is -2.34. The minimum atomic E-state index is 0.706. The van der Waals surface area contributed by atoms with Gasteiger partial charge in [-0.05, 0) is 44.4 Å². The fourth-order valence-corrected chi connectivity index (χ4v) is 3.98. The maximum absolute atomic E-state index is 2.79. The largest absolute Gasteiger partial charge is 0.297 e. The molecule has 0 N–H and O–H groups in total. The Balaban J connectivity index is 2.10. The highest BCUT2D eigenvalue weighted by atomic mass is 15.2. The van der Waals surface area contributed by atoms with Crippen molar-refractivity contribution in [1.82, 2.24) is 4.90 Å². The predicted octanol–water partition coefficient (Wildman–Crippen LogP) is 4.08. The summed E-state index contributed by atoms with van der Waals surface area (Å²) in [5.41, 5.74) is 0.706. The molecule has 0 amide bonds. The van der Waals surface area contributed by atoms with Crippen LogP contribution in [-0.2, 0) is 0 Å². The Kier molecular flexibility index (Phi) is 3.63. The highest BCUT2D eigenvalue weighted by Gasteiger charge is 2.45. The normalized spacial score (nSPS) is 30.8. The summed E-state index contributed by atoms with van der Waals surface area (Å²) in [5.74, 6) is 0.823. The Bertz CT molecular complexity index is 208. The molecule has 2 aliphatic rings. The first-order valence-corrected chi connectivity index (χ1v) is 7.30. The van der Waals surface area contributed by atoms with E-state index in [9.17, 15) is 0 Å². The highest BCUT2D eigenvalue weighted by molar-refractivity contribution is 4.99. The summed E-state index contributed by atoms with van der Waals surface area (Å²) in [6, 6.07) is 1.58. The lowest BCUT2D eigenvalue weighted by molar-refractivity contribution is 0.147. The molecule has 1 unspecified atom stereocenters. The number of nitrogens with zero attached hydrogens (tertiary/aromatic N) is 1.